The zero-order valence-corrected chi connectivity index (χ0v) is 20.5. The molecule has 1 fully saturated rings. The van der Waals surface area contributed by atoms with Crippen LogP contribution < -0.4 is 10.6 Å². The number of nitrogens with one attached hydrogen (secondary N) is 2. The number of carbonyl (C=O) groups excluding carboxylic acids is 3. The molecule has 3 rings (SSSR count). The van der Waals surface area contributed by atoms with Crippen LogP contribution in [0, 0.1) is 11.8 Å². The molecule has 176 valence electrons. The minimum Gasteiger partial charge on any atom is -0.394 e. The van der Waals surface area contributed by atoms with Gasteiger partial charge in [0.05, 0.1) is 12.6 Å². The summed E-state index contributed by atoms with van der Waals surface area (Å²) in [4.78, 5) is 41.4. The first-order chi connectivity index (χ1) is 15.0. The molecule has 2 heterocycles. The monoisotopic (exact) mass is 461 g/mol. The standard InChI is InChI=1S/C24H35N3O4S/c1-7-14(4)17(12-28)25-20(29)18(13(2)3)26-21(30)19-24(5,6)32-23-16-11-9-8-10-15(16)22(31)27(19)23/h8-11,13-14,17-19,23,28H,7,12H2,1-6H3,(H,25,29)(H,26,30). The lowest BCUT2D eigenvalue weighted by molar-refractivity contribution is -0.133. The van der Waals surface area contributed by atoms with Gasteiger partial charge in [0.15, 0.2) is 0 Å². The number of fused-ring (bicyclic) bond motifs is 3. The van der Waals surface area contributed by atoms with Crippen LogP contribution in [0.2, 0.25) is 0 Å². The van der Waals surface area contributed by atoms with Gasteiger partial charge in [0.1, 0.15) is 17.5 Å². The lowest BCUT2D eigenvalue weighted by atomic mass is 9.96. The Morgan fingerprint density at radius 3 is 2.44 bits per heavy atom. The Bertz CT molecular complexity index is 888. The number of carbonyl (C=O) groups is 3. The number of amides is 3. The van der Waals surface area contributed by atoms with Gasteiger partial charge in [-0.15, -0.1) is 11.8 Å². The van der Waals surface area contributed by atoms with Gasteiger partial charge in [-0.05, 0) is 37.3 Å². The highest BCUT2D eigenvalue weighted by molar-refractivity contribution is 8.01. The lowest BCUT2D eigenvalue weighted by Crippen LogP contribution is -2.59. The van der Waals surface area contributed by atoms with Gasteiger partial charge in [0.25, 0.3) is 5.91 Å². The molecule has 0 aromatic heterocycles. The van der Waals surface area contributed by atoms with E-state index < -0.39 is 16.8 Å². The van der Waals surface area contributed by atoms with E-state index in [9.17, 15) is 19.5 Å². The fourth-order valence-electron chi connectivity index (χ4n) is 4.50. The van der Waals surface area contributed by atoms with Crippen LogP contribution in [0.15, 0.2) is 24.3 Å². The summed E-state index contributed by atoms with van der Waals surface area (Å²) in [5.74, 6) is -0.840. The zero-order chi connectivity index (χ0) is 23.8. The van der Waals surface area contributed by atoms with Crippen LogP contribution in [-0.2, 0) is 9.59 Å². The highest BCUT2D eigenvalue weighted by Crippen LogP contribution is 2.56. The molecule has 5 unspecified atom stereocenters. The summed E-state index contributed by atoms with van der Waals surface area (Å²) in [6, 6.07) is 5.64. The van der Waals surface area contributed by atoms with E-state index in [1.54, 1.807) is 22.7 Å². The largest absolute Gasteiger partial charge is 0.394 e. The van der Waals surface area contributed by atoms with Crippen molar-refractivity contribution < 1.29 is 19.5 Å². The van der Waals surface area contributed by atoms with Crippen LogP contribution in [0.4, 0.5) is 0 Å². The van der Waals surface area contributed by atoms with Crippen molar-refractivity contribution >= 4 is 29.5 Å². The predicted octanol–water partition coefficient (Wildman–Crippen LogP) is 2.70. The number of thioether (sulfide) groups is 1. The first kappa shape index (κ1) is 24.6. The topological polar surface area (TPSA) is 98.7 Å². The van der Waals surface area contributed by atoms with Gasteiger partial charge in [-0.25, -0.2) is 0 Å². The van der Waals surface area contributed by atoms with E-state index in [2.05, 4.69) is 10.6 Å². The number of hydrogen-bond acceptors (Lipinski definition) is 5. The van der Waals surface area contributed by atoms with Crippen molar-refractivity contribution in [1.29, 1.82) is 0 Å². The van der Waals surface area contributed by atoms with E-state index in [4.69, 9.17) is 0 Å². The maximum atomic E-state index is 13.5. The first-order valence-electron chi connectivity index (χ1n) is 11.3. The molecule has 1 aromatic rings. The van der Waals surface area contributed by atoms with Gasteiger partial charge >= 0.3 is 0 Å². The predicted molar refractivity (Wildman–Crippen MR) is 126 cm³/mol. The van der Waals surface area contributed by atoms with E-state index in [1.165, 1.54) is 0 Å². The number of aliphatic hydroxyl groups is 1. The Labute approximate surface area is 194 Å². The summed E-state index contributed by atoms with van der Waals surface area (Å²) in [6.45, 7) is 11.5. The second-order valence-corrected chi connectivity index (χ2v) is 11.4. The molecule has 0 radical (unpaired) electrons. The molecule has 1 saturated heterocycles. The third-order valence-corrected chi connectivity index (χ3v) is 8.18. The van der Waals surface area contributed by atoms with E-state index in [0.717, 1.165) is 12.0 Å². The van der Waals surface area contributed by atoms with Gasteiger partial charge in [0, 0.05) is 10.3 Å². The van der Waals surface area contributed by atoms with Gasteiger partial charge in [-0.1, -0.05) is 52.3 Å². The summed E-state index contributed by atoms with van der Waals surface area (Å²) >= 11 is 1.60. The Morgan fingerprint density at radius 2 is 1.84 bits per heavy atom. The molecule has 3 amide bonds. The molecule has 0 aliphatic carbocycles. The molecule has 1 aromatic carbocycles. The van der Waals surface area contributed by atoms with Gasteiger partial charge in [-0.2, -0.15) is 0 Å². The van der Waals surface area contributed by atoms with Crippen molar-refractivity contribution in [3.63, 3.8) is 0 Å². The van der Waals surface area contributed by atoms with Crippen LogP contribution in [-0.4, -0.2) is 57.2 Å². The molecule has 2 aliphatic heterocycles. The van der Waals surface area contributed by atoms with Crippen molar-refractivity contribution in [1.82, 2.24) is 15.5 Å². The molecule has 0 bridgehead atoms. The third-order valence-electron chi connectivity index (χ3n) is 6.65. The van der Waals surface area contributed by atoms with E-state index in [0.29, 0.717) is 5.56 Å². The Balaban J connectivity index is 1.81. The molecular weight excluding hydrogens is 426 g/mol. The van der Waals surface area contributed by atoms with Gasteiger partial charge in [0.2, 0.25) is 11.8 Å². The van der Waals surface area contributed by atoms with E-state index >= 15 is 0 Å². The van der Waals surface area contributed by atoms with Crippen molar-refractivity contribution in [3.05, 3.63) is 35.4 Å². The molecule has 5 atom stereocenters. The summed E-state index contributed by atoms with van der Waals surface area (Å²) < 4.78 is -0.514. The van der Waals surface area contributed by atoms with Crippen molar-refractivity contribution in [2.24, 2.45) is 11.8 Å². The molecule has 7 nitrogen and oxygen atoms in total. The SMILES string of the molecule is CCC(C)C(CO)NC(=O)C(NC(=O)C1N2C(=O)c3ccccc3C2SC1(C)C)C(C)C. The number of nitrogens with zero attached hydrogens (tertiary/aromatic N) is 1. The van der Waals surface area contributed by atoms with Crippen LogP contribution in [0.1, 0.15) is 69.3 Å². The molecule has 0 spiro atoms. The highest BCUT2D eigenvalue weighted by Gasteiger charge is 2.57. The second-order valence-electron chi connectivity index (χ2n) is 9.69. The van der Waals surface area contributed by atoms with Gasteiger partial charge < -0.3 is 20.6 Å². The number of aliphatic hydroxyl groups excluding tert-OH is 1. The van der Waals surface area contributed by atoms with Crippen molar-refractivity contribution in [2.75, 3.05) is 6.61 Å². The van der Waals surface area contributed by atoms with Crippen LogP contribution >= 0.6 is 11.8 Å². The maximum Gasteiger partial charge on any atom is 0.256 e. The Hall–Kier alpha value is -2.06. The maximum absolute atomic E-state index is 13.5. The summed E-state index contributed by atoms with van der Waals surface area (Å²) in [6.07, 6.45) is 0.816. The molecule has 8 heteroatoms. The summed E-state index contributed by atoms with van der Waals surface area (Å²) in [5, 5.41) is 15.3. The van der Waals surface area contributed by atoms with Crippen LogP contribution in [0.5, 0.6) is 0 Å². The quantitative estimate of drug-likeness (QED) is 0.553. The molecular formula is C24H35N3O4S. The average molecular weight is 462 g/mol. The number of hydrogen-bond donors (Lipinski definition) is 3. The lowest BCUT2D eigenvalue weighted by Gasteiger charge is -2.32. The van der Waals surface area contributed by atoms with Crippen LogP contribution in [0.25, 0.3) is 0 Å². The summed E-state index contributed by atoms with van der Waals surface area (Å²) in [5.41, 5.74) is 1.57. The molecule has 0 saturated carbocycles. The Morgan fingerprint density at radius 1 is 1.19 bits per heavy atom. The summed E-state index contributed by atoms with van der Waals surface area (Å²) in [7, 11) is 0. The smallest absolute Gasteiger partial charge is 0.256 e. The molecule has 2 aliphatic rings. The molecule has 32 heavy (non-hydrogen) atoms. The molecule has 3 N–H and O–H groups in total. The zero-order valence-electron chi connectivity index (χ0n) is 19.7. The van der Waals surface area contributed by atoms with E-state index in [-0.39, 0.29) is 47.6 Å². The van der Waals surface area contributed by atoms with Crippen molar-refractivity contribution in [3.8, 4) is 0 Å². The normalized spacial score (nSPS) is 24.0. The Kier molecular flexibility index (Phi) is 7.25. The van der Waals surface area contributed by atoms with Crippen molar-refractivity contribution in [2.45, 2.75) is 76.2 Å². The minimum absolute atomic E-state index is 0.110. The fourth-order valence-corrected chi connectivity index (χ4v) is 6.09. The number of benzene rings is 1. The fraction of sp³-hybridized carbons (Fsp3) is 0.625. The van der Waals surface area contributed by atoms with Gasteiger partial charge in [-0.3, -0.25) is 14.4 Å². The third kappa shape index (κ3) is 4.39. The number of rotatable bonds is 8. The van der Waals surface area contributed by atoms with Crippen LogP contribution in [0.3, 0.4) is 0 Å². The first-order valence-corrected chi connectivity index (χ1v) is 12.2. The average Bonchev–Trinajstić information content (AvgIpc) is 3.18. The van der Waals surface area contributed by atoms with E-state index in [1.807, 2.05) is 59.7 Å². The second kappa shape index (κ2) is 9.43. The minimum atomic E-state index is -0.763. The highest BCUT2D eigenvalue weighted by atomic mass is 32.2.